The van der Waals surface area contributed by atoms with Crippen LogP contribution in [0.3, 0.4) is 0 Å². The maximum atomic E-state index is 9.29. The van der Waals surface area contributed by atoms with Crippen LogP contribution in [-0.2, 0) is 30.6 Å². The molecule has 0 aliphatic carbocycles. The Hall–Kier alpha value is -2.55. The zero-order valence-corrected chi connectivity index (χ0v) is 22.2. The van der Waals surface area contributed by atoms with Gasteiger partial charge in [0.05, 0.1) is 5.76 Å². The van der Waals surface area contributed by atoms with E-state index >= 15 is 0 Å². The molecule has 0 radical (unpaired) electrons. The minimum Gasteiger partial charge on any atom is -0.513 e. The molecule has 0 spiro atoms. The second-order valence-corrected chi connectivity index (χ2v) is 8.55. The summed E-state index contributed by atoms with van der Waals surface area (Å²) < 4.78 is 0. The highest BCUT2D eigenvalue weighted by Crippen LogP contribution is 2.27. The third-order valence-corrected chi connectivity index (χ3v) is 4.90. The standard InChI is InChI=1S/C23H29NO.C3H8.C2H4O.C2H6/c1-17(2)13-20-5-4-6-23(15-20)24-12-11-21-14-19(8-7-18(3)25)9-10-22(21)16-24;1-3-2;1-2-3;1-2/h4-6,9-10,14-15,17,25H,3,7-8,11-13,16H2,1-2H3;3H2,1-2H3;2H,1H3;1-2H3. The summed E-state index contributed by atoms with van der Waals surface area (Å²) in [6, 6.07) is 15.8. The highest BCUT2D eigenvalue weighted by molar-refractivity contribution is 5.52. The molecular weight excluding hydrogens is 406 g/mol. The van der Waals surface area contributed by atoms with Gasteiger partial charge in [0.2, 0.25) is 0 Å². The summed E-state index contributed by atoms with van der Waals surface area (Å²) in [5.74, 6) is 0.955. The first-order valence-corrected chi connectivity index (χ1v) is 12.6. The molecule has 0 unspecified atom stereocenters. The molecule has 3 rings (SSSR count). The molecule has 3 heteroatoms. The fraction of sp³-hybridized carbons (Fsp3) is 0.500. The van der Waals surface area contributed by atoms with Gasteiger partial charge in [-0.2, -0.15) is 0 Å². The predicted octanol–water partition coefficient (Wildman–Crippen LogP) is 8.10. The Kier molecular flexibility index (Phi) is 16.6. The molecule has 2 aromatic rings. The number of benzene rings is 2. The molecule has 1 aliphatic heterocycles. The Balaban J connectivity index is 0.00000113. The molecule has 0 bridgehead atoms. The van der Waals surface area contributed by atoms with Crippen molar-refractivity contribution in [3.05, 3.63) is 77.1 Å². The van der Waals surface area contributed by atoms with E-state index in [2.05, 4.69) is 81.6 Å². The van der Waals surface area contributed by atoms with E-state index in [-0.39, 0.29) is 5.76 Å². The van der Waals surface area contributed by atoms with Crippen molar-refractivity contribution in [3.8, 4) is 0 Å². The van der Waals surface area contributed by atoms with Crippen LogP contribution < -0.4 is 4.90 Å². The summed E-state index contributed by atoms with van der Waals surface area (Å²) in [4.78, 5) is 11.3. The van der Waals surface area contributed by atoms with E-state index in [1.165, 1.54) is 41.3 Å². The summed E-state index contributed by atoms with van der Waals surface area (Å²) >= 11 is 0. The number of nitrogens with zero attached hydrogens (tertiary/aromatic N) is 1. The van der Waals surface area contributed by atoms with Crippen LogP contribution in [0.4, 0.5) is 5.69 Å². The normalized spacial score (nSPS) is 11.6. The number of rotatable bonds is 6. The minimum atomic E-state index is 0.269. The Morgan fingerprint density at radius 1 is 1.09 bits per heavy atom. The molecule has 0 aromatic heterocycles. The molecule has 0 fully saturated rings. The number of aryl methyl sites for hydroxylation is 1. The van der Waals surface area contributed by atoms with Gasteiger partial charge in [-0.05, 0) is 66.5 Å². The molecule has 2 aromatic carbocycles. The van der Waals surface area contributed by atoms with Crippen molar-refractivity contribution in [1.82, 2.24) is 0 Å². The summed E-state index contributed by atoms with van der Waals surface area (Å²) in [5, 5.41) is 9.29. The number of hydrogen-bond donors (Lipinski definition) is 1. The molecule has 184 valence electrons. The van der Waals surface area contributed by atoms with Gasteiger partial charge in [-0.25, -0.2) is 0 Å². The summed E-state index contributed by atoms with van der Waals surface area (Å²) in [7, 11) is 0. The van der Waals surface area contributed by atoms with Gasteiger partial charge in [-0.1, -0.05) is 84.9 Å². The van der Waals surface area contributed by atoms with Crippen LogP contribution in [-0.4, -0.2) is 17.9 Å². The number of aliphatic hydroxyl groups excluding tert-OH is 1. The smallest absolute Gasteiger partial charge is 0.116 e. The topological polar surface area (TPSA) is 40.5 Å². The fourth-order valence-electron chi connectivity index (χ4n) is 3.62. The lowest BCUT2D eigenvalue weighted by atomic mass is 9.95. The van der Waals surface area contributed by atoms with E-state index in [4.69, 9.17) is 4.79 Å². The van der Waals surface area contributed by atoms with Gasteiger partial charge < -0.3 is 14.8 Å². The molecule has 0 amide bonds. The average molecular weight is 454 g/mol. The van der Waals surface area contributed by atoms with Crippen LogP contribution >= 0.6 is 0 Å². The molecular formula is C30H47NO2. The monoisotopic (exact) mass is 453 g/mol. The summed E-state index contributed by atoms with van der Waals surface area (Å²) in [5.41, 5.74) is 6.94. The van der Waals surface area contributed by atoms with Crippen molar-refractivity contribution < 1.29 is 9.90 Å². The highest BCUT2D eigenvalue weighted by Gasteiger charge is 2.17. The van der Waals surface area contributed by atoms with E-state index in [0.717, 1.165) is 38.6 Å². The largest absolute Gasteiger partial charge is 0.513 e. The Bertz CT molecular complexity index is 811. The first-order valence-electron chi connectivity index (χ1n) is 12.6. The maximum absolute atomic E-state index is 9.29. The van der Waals surface area contributed by atoms with E-state index in [0.29, 0.717) is 12.3 Å². The van der Waals surface area contributed by atoms with Gasteiger partial charge in [-0.15, -0.1) is 0 Å². The third kappa shape index (κ3) is 12.3. The second-order valence-electron chi connectivity index (χ2n) is 8.55. The van der Waals surface area contributed by atoms with E-state index in [1.54, 1.807) is 0 Å². The molecule has 0 saturated carbocycles. The number of aldehydes is 1. The zero-order valence-electron chi connectivity index (χ0n) is 22.2. The Morgan fingerprint density at radius 2 is 1.73 bits per heavy atom. The van der Waals surface area contributed by atoms with Gasteiger partial charge in [-0.3, -0.25) is 0 Å². The van der Waals surface area contributed by atoms with Gasteiger partial charge in [0.15, 0.2) is 0 Å². The lowest BCUT2D eigenvalue weighted by molar-refractivity contribution is -0.106. The van der Waals surface area contributed by atoms with Crippen molar-refractivity contribution in [2.75, 3.05) is 11.4 Å². The lowest BCUT2D eigenvalue weighted by Crippen LogP contribution is -2.30. The maximum Gasteiger partial charge on any atom is 0.116 e. The number of fused-ring (bicyclic) bond motifs is 1. The van der Waals surface area contributed by atoms with Crippen molar-refractivity contribution >= 4 is 12.0 Å². The summed E-state index contributed by atoms with van der Waals surface area (Å²) in [6.07, 6.45) is 5.73. The van der Waals surface area contributed by atoms with Crippen LogP contribution in [0.1, 0.15) is 83.6 Å². The van der Waals surface area contributed by atoms with Gasteiger partial charge in [0.1, 0.15) is 6.29 Å². The number of carbonyl (C=O) groups excluding carboxylic acids is 1. The molecule has 0 saturated heterocycles. The van der Waals surface area contributed by atoms with Crippen molar-refractivity contribution in [1.29, 1.82) is 0 Å². The van der Waals surface area contributed by atoms with Crippen molar-refractivity contribution in [2.45, 2.75) is 87.1 Å². The predicted molar refractivity (Wildman–Crippen MR) is 145 cm³/mol. The Labute approximate surface area is 203 Å². The van der Waals surface area contributed by atoms with Crippen molar-refractivity contribution in [3.63, 3.8) is 0 Å². The molecule has 1 heterocycles. The molecule has 33 heavy (non-hydrogen) atoms. The van der Waals surface area contributed by atoms with Gasteiger partial charge in [0, 0.05) is 25.2 Å². The van der Waals surface area contributed by atoms with E-state index in [1.807, 2.05) is 13.8 Å². The first-order chi connectivity index (χ1) is 15.8. The number of allylic oxidation sites excluding steroid dienone is 1. The van der Waals surface area contributed by atoms with Crippen LogP contribution in [0.25, 0.3) is 0 Å². The molecule has 1 aliphatic rings. The molecule has 0 atom stereocenters. The third-order valence-electron chi connectivity index (χ3n) is 4.90. The quantitative estimate of drug-likeness (QED) is 0.355. The fourth-order valence-corrected chi connectivity index (χ4v) is 3.62. The second kappa shape index (κ2) is 17.9. The number of hydrogen-bond acceptors (Lipinski definition) is 3. The van der Waals surface area contributed by atoms with Crippen LogP contribution in [0.5, 0.6) is 0 Å². The molecule has 1 N–H and O–H groups in total. The minimum absolute atomic E-state index is 0.269. The van der Waals surface area contributed by atoms with Gasteiger partial charge in [0.25, 0.3) is 0 Å². The van der Waals surface area contributed by atoms with Crippen molar-refractivity contribution in [2.24, 2.45) is 5.92 Å². The van der Waals surface area contributed by atoms with Crippen LogP contribution in [0, 0.1) is 5.92 Å². The number of aliphatic hydroxyl groups is 1. The lowest BCUT2D eigenvalue weighted by Gasteiger charge is -2.31. The van der Waals surface area contributed by atoms with Gasteiger partial charge >= 0.3 is 0 Å². The van der Waals surface area contributed by atoms with Crippen LogP contribution in [0.15, 0.2) is 54.8 Å². The molecule has 3 nitrogen and oxygen atoms in total. The summed E-state index contributed by atoms with van der Waals surface area (Å²) in [6.45, 7) is 19.9. The SMILES string of the molecule is C=C(O)CCc1ccc2c(c1)CCN(c1cccc(CC(C)C)c1)C2.CC.CC=O.CCC. The van der Waals surface area contributed by atoms with E-state index < -0.39 is 0 Å². The highest BCUT2D eigenvalue weighted by atomic mass is 16.3. The first kappa shape index (κ1) is 30.4. The van der Waals surface area contributed by atoms with Crippen LogP contribution in [0.2, 0.25) is 0 Å². The Morgan fingerprint density at radius 3 is 2.30 bits per heavy atom. The van der Waals surface area contributed by atoms with E-state index in [9.17, 15) is 5.11 Å². The zero-order chi connectivity index (χ0) is 25.2. The average Bonchev–Trinajstić information content (AvgIpc) is 2.79. The number of carbonyl (C=O) groups is 1. The number of anilines is 1.